The van der Waals surface area contributed by atoms with E-state index in [1.165, 1.54) is 11.3 Å². The number of nitrogens with one attached hydrogen (secondary N) is 1. The van der Waals surface area contributed by atoms with E-state index in [9.17, 15) is 8.42 Å². The van der Waals surface area contributed by atoms with Gasteiger partial charge in [0.25, 0.3) is 10.0 Å². The Morgan fingerprint density at radius 3 is 3.00 bits per heavy atom. The SMILES string of the molecule is CNCCc1ccc(S(=O)(=O)N2CCCC(COC)C2)s1. The summed E-state index contributed by atoms with van der Waals surface area (Å²) in [6.07, 6.45) is 2.81. The molecule has 2 heterocycles. The molecule has 1 aromatic rings. The molecule has 7 heteroatoms. The van der Waals surface area contributed by atoms with Crippen molar-refractivity contribution in [2.24, 2.45) is 5.92 Å². The number of likely N-dealkylation sites (N-methyl/N-ethyl adjacent to an activating group) is 1. The first kappa shape index (κ1) is 16.9. The molecule has 0 bridgehead atoms. The van der Waals surface area contributed by atoms with Crippen molar-refractivity contribution in [1.82, 2.24) is 9.62 Å². The fraction of sp³-hybridized carbons (Fsp3) is 0.714. The van der Waals surface area contributed by atoms with Gasteiger partial charge in [-0.2, -0.15) is 4.31 Å². The van der Waals surface area contributed by atoms with Crippen molar-refractivity contribution in [2.45, 2.75) is 23.5 Å². The fourth-order valence-electron chi connectivity index (χ4n) is 2.62. The lowest BCUT2D eigenvalue weighted by Crippen LogP contribution is -2.40. The van der Waals surface area contributed by atoms with Crippen LogP contribution in [0.2, 0.25) is 0 Å². The van der Waals surface area contributed by atoms with Gasteiger partial charge in [0.15, 0.2) is 0 Å². The average molecular weight is 332 g/mol. The van der Waals surface area contributed by atoms with Crippen molar-refractivity contribution < 1.29 is 13.2 Å². The predicted octanol–water partition coefficient (Wildman–Crippen LogP) is 1.56. The van der Waals surface area contributed by atoms with Gasteiger partial charge in [-0.1, -0.05) is 0 Å². The number of hydrogen-bond donors (Lipinski definition) is 1. The first-order chi connectivity index (χ1) is 10.1. The normalized spacial score (nSPS) is 20.8. The summed E-state index contributed by atoms with van der Waals surface area (Å²) in [7, 11) is 0.224. The maximum atomic E-state index is 12.7. The van der Waals surface area contributed by atoms with Crippen molar-refractivity contribution in [3.63, 3.8) is 0 Å². The maximum absolute atomic E-state index is 12.7. The molecule has 0 aliphatic carbocycles. The number of ether oxygens (including phenoxy) is 1. The lowest BCUT2D eigenvalue weighted by molar-refractivity contribution is 0.118. The zero-order valence-electron chi connectivity index (χ0n) is 12.7. The number of sulfonamides is 1. The Morgan fingerprint density at radius 2 is 2.29 bits per heavy atom. The molecule has 1 unspecified atom stereocenters. The highest BCUT2D eigenvalue weighted by molar-refractivity contribution is 7.91. The van der Waals surface area contributed by atoms with Crippen LogP contribution in [-0.2, 0) is 21.2 Å². The Kier molecular flexibility index (Phi) is 6.19. The van der Waals surface area contributed by atoms with Gasteiger partial charge in [-0.15, -0.1) is 11.3 Å². The standard InChI is InChI=1S/C14H24N2O3S2/c1-15-8-7-13-5-6-14(20-13)21(17,18)16-9-3-4-12(10-16)11-19-2/h5-6,12,15H,3-4,7-11H2,1-2H3. The number of rotatable bonds is 7. The summed E-state index contributed by atoms with van der Waals surface area (Å²) in [6, 6.07) is 3.66. The van der Waals surface area contributed by atoms with Crippen LogP contribution in [0.15, 0.2) is 16.3 Å². The molecule has 1 N–H and O–H groups in total. The van der Waals surface area contributed by atoms with Gasteiger partial charge >= 0.3 is 0 Å². The van der Waals surface area contributed by atoms with Crippen LogP contribution in [0.4, 0.5) is 0 Å². The van der Waals surface area contributed by atoms with Crippen LogP contribution in [0.5, 0.6) is 0 Å². The molecule has 120 valence electrons. The van der Waals surface area contributed by atoms with Crippen LogP contribution in [0.1, 0.15) is 17.7 Å². The Morgan fingerprint density at radius 1 is 1.48 bits per heavy atom. The highest BCUT2D eigenvalue weighted by atomic mass is 32.2. The second kappa shape index (κ2) is 7.69. The third kappa shape index (κ3) is 4.26. The Labute approximate surface area is 131 Å². The molecule has 1 aromatic heterocycles. The average Bonchev–Trinajstić information content (AvgIpc) is 2.95. The molecule has 0 amide bonds. The molecule has 1 saturated heterocycles. The van der Waals surface area contributed by atoms with Gasteiger partial charge in [0.2, 0.25) is 0 Å². The van der Waals surface area contributed by atoms with E-state index in [4.69, 9.17) is 4.74 Å². The number of methoxy groups -OCH3 is 1. The summed E-state index contributed by atoms with van der Waals surface area (Å²) in [5.74, 6) is 0.308. The molecule has 21 heavy (non-hydrogen) atoms. The van der Waals surface area contributed by atoms with Crippen molar-refractivity contribution in [3.05, 3.63) is 17.0 Å². The van der Waals surface area contributed by atoms with Crippen molar-refractivity contribution in [3.8, 4) is 0 Å². The summed E-state index contributed by atoms with van der Waals surface area (Å²) in [6.45, 7) is 2.68. The van der Waals surface area contributed by atoms with Gasteiger partial charge in [0.1, 0.15) is 4.21 Å². The lowest BCUT2D eigenvalue weighted by atomic mass is 10.0. The minimum Gasteiger partial charge on any atom is -0.384 e. The molecule has 1 aliphatic rings. The van der Waals surface area contributed by atoms with E-state index >= 15 is 0 Å². The quantitative estimate of drug-likeness (QED) is 0.823. The predicted molar refractivity (Wildman–Crippen MR) is 85.3 cm³/mol. The molecule has 1 aliphatic heterocycles. The second-order valence-electron chi connectivity index (χ2n) is 5.40. The number of nitrogens with zero attached hydrogens (tertiary/aromatic N) is 1. The van der Waals surface area contributed by atoms with E-state index in [0.29, 0.717) is 29.8 Å². The molecule has 2 rings (SSSR count). The Balaban J connectivity index is 2.08. The maximum Gasteiger partial charge on any atom is 0.252 e. The minimum atomic E-state index is -3.34. The van der Waals surface area contributed by atoms with E-state index in [-0.39, 0.29) is 0 Å². The molecule has 0 aromatic carbocycles. The minimum absolute atomic E-state index is 0.308. The highest BCUT2D eigenvalue weighted by Gasteiger charge is 2.31. The fourth-order valence-corrected chi connectivity index (χ4v) is 5.69. The Bertz CT molecular complexity index is 540. The molecular weight excluding hydrogens is 308 g/mol. The van der Waals surface area contributed by atoms with Crippen LogP contribution >= 0.6 is 11.3 Å². The number of hydrogen-bond acceptors (Lipinski definition) is 5. The van der Waals surface area contributed by atoms with Gasteiger partial charge in [0, 0.05) is 25.1 Å². The molecule has 1 atom stereocenters. The second-order valence-corrected chi connectivity index (χ2v) is 8.73. The lowest BCUT2D eigenvalue weighted by Gasteiger charge is -2.31. The summed E-state index contributed by atoms with van der Waals surface area (Å²) in [5, 5.41) is 3.08. The van der Waals surface area contributed by atoms with Crippen molar-refractivity contribution in [2.75, 3.05) is 40.4 Å². The first-order valence-electron chi connectivity index (χ1n) is 7.30. The van der Waals surface area contributed by atoms with Crippen LogP contribution in [0.3, 0.4) is 0 Å². The van der Waals surface area contributed by atoms with Gasteiger partial charge in [-0.25, -0.2) is 8.42 Å². The van der Waals surface area contributed by atoms with E-state index in [1.807, 2.05) is 13.1 Å². The summed E-state index contributed by atoms with van der Waals surface area (Å²) >= 11 is 1.39. The van der Waals surface area contributed by atoms with Crippen LogP contribution in [0, 0.1) is 5.92 Å². The molecule has 0 radical (unpaired) electrons. The van der Waals surface area contributed by atoms with Crippen LogP contribution in [0.25, 0.3) is 0 Å². The van der Waals surface area contributed by atoms with Gasteiger partial charge in [0.05, 0.1) is 6.61 Å². The van der Waals surface area contributed by atoms with Crippen LogP contribution < -0.4 is 5.32 Å². The molecular formula is C14H24N2O3S2. The third-order valence-electron chi connectivity index (χ3n) is 3.74. The smallest absolute Gasteiger partial charge is 0.252 e. The van der Waals surface area contributed by atoms with Crippen molar-refractivity contribution in [1.29, 1.82) is 0 Å². The molecule has 1 fully saturated rings. The first-order valence-corrected chi connectivity index (χ1v) is 9.56. The summed E-state index contributed by atoms with van der Waals surface area (Å²) in [4.78, 5) is 1.10. The highest BCUT2D eigenvalue weighted by Crippen LogP contribution is 2.28. The monoisotopic (exact) mass is 332 g/mol. The Hall–Kier alpha value is -0.470. The van der Waals surface area contributed by atoms with Gasteiger partial charge < -0.3 is 10.1 Å². The summed E-state index contributed by atoms with van der Waals surface area (Å²) in [5.41, 5.74) is 0. The van der Waals surface area contributed by atoms with Gasteiger partial charge in [-0.05, 0) is 50.9 Å². The molecule has 5 nitrogen and oxygen atoms in total. The van der Waals surface area contributed by atoms with E-state index in [0.717, 1.165) is 30.7 Å². The third-order valence-corrected chi connectivity index (χ3v) is 7.21. The largest absolute Gasteiger partial charge is 0.384 e. The molecule has 0 spiro atoms. The van der Waals surface area contributed by atoms with Gasteiger partial charge in [-0.3, -0.25) is 0 Å². The topological polar surface area (TPSA) is 58.6 Å². The van der Waals surface area contributed by atoms with Crippen molar-refractivity contribution >= 4 is 21.4 Å². The zero-order valence-corrected chi connectivity index (χ0v) is 14.3. The molecule has 0 saturated carbocycles. The van der Waals surface area contributed by atoms with E-state index < -0.39 is 10.0 Å². The van der Waals surface area contributed by atoms with Crippen LogP contribution in [-0.4, -0.2) is 53.1 Å². The summed E-state index contributed by atoms with van der Waals surface area (Å²) < 4.78 is 32.7. The zero-order chi connectivity index (χ0) is 15.3. The number of thiophene rings is 1. The number of piperidine rings is 1. The van der Waals surface area contributed by atoms with E-state index in [1.54, 1.807) is 17.5 Å². The van der Waals surface area contributed by atoms with E-state index in [2.05, 4.69) is 5.32 Å².